The molecule has 7 nitrogen and oxygen atoms in total. The zero-order chi connectivity index (χ0) is 14.4. The highest BCUT2D eigenvalue weighted by Crippen LogP contribution is 2.23. The van der Waals surface area contributed by atoms with Crippen molar-refractivity contribution in [3.8, 4) is 5.75 Å². The van der Waals surface area contributed by atoms with E-state index in [0.717, 1.165) is 0 Å². The first-order valence-corrected chi connectivity index (χ1v) is 5.61. The monoisotopic (exact) mass is 268 g/mol. The molecule has 0 radical (unpaired) electrons. The Morgan fingerprint density at radius 3 is 2.68 bits per heavy atom. The van der Waals surface area contributed by atoms with Crippen molar-refractivity contribution >= 4 is 11.6 Å². The number of nitro groups is 1. The summed E-state index contributed by atoms with van der Waals surface area (Å²) in [6.07, 6.45) is 0. The second-order valence-corrected chi connectivity index (χ2v) is 3.97. The number of ether oxygens (including phenoxy) is 2. The van der Waals surface area contributed by atoms with Crippen LogP contribution in [0.15, 0.2) is 18.2 Å². The van der Waals surface area contributed by atoms with Gasteiger partial charge in [0.2, 0.25) is 0 Å². The second-order valence-electron chi connectivity index (χ2n) is 3.97. The molecular weight excluding hydrogens is 252 g/mol. The largest absolute Gasteiger partial charge is 0.496 e. The van der Waals surface area contributed by atoms with Crippen molar-refractivity contribution in [2.24, 2.45) is 0 Å². The van der Waals surface area contributed by atoms with Crippen molar-refractivity contribution < 1.29 is 19.2 Å². The van der Waals surface area contributed by atoms with Gasteiger partial charge in [-0.1, -0.05) is 0 Å². The normalized spacial score (nSPS) is 11.7. The van der Waals surface area contributed by atoms with Crippen LogP contribution in [0.2, 0.25) is 0 Å². The van der Waals surface area contributed by atoms with Crippen LogP contribution in [0.4, 0.5) is 5.69 Å². The SMILES string of the molecule is COC[C@@H](C)NC(=O)c1cc([N+](=O)[O-])ccc1OC. The molecule has 0 aliphatic heterocycles. The average molecular weight is 268 g/mol. The molecule has 7 heteroatoms. The van der Waals surface area contributed by atoms with Gasteiger partial charge in [0.15, 0.2) is 0 Å². The van der Waals surface area contributed by atoms with Gasteiger partial charge in [-0.2, -0.15) is 0 Å². The lowest BCUT2D eigenvalue weighted by molar-refractivity contribution is -0.384. The Labute approximate surface area is 110 Å². The number of nitro benzene ring substituents is 1. The molecule has 1 amide bonds. The van der Waals surface area contributed by atoms with E-state index in [1.54, 1.807) is 6.92 Å². The smallest absolute Gasteiger partial charge is 0.270 e. The van der Waals surface area contributed by atoms with E-state index in [0.29, 0.717) is 6.61 Å². The fraction of sp³-hybridized carbons (Fsp3) is 0.417. The molecule has 1 N–H and O–H groups in total. The number of benzene rings is 1. The maximum Gasteiger partial charge on any atom is 0.270 e. The lowest BCUT2D eigenvalue weighted by atomic mass is 10.1. The molecule has 0 saturated carbocycles. The predicted octanol–water partition coefficient (Wildman–Crippen LogP) is 1.37. The molecule has 0 spiro atoms. The molecule has 0 aliphatic rings. The van der Waals surface area contributed by atoms with Gasteiger partial charge in [-0.15, -0.1) is 0 Å². The van der Waals surface area contributed by atoms with Crippen molar-refractivity contribution in [3.63, 3.8) is 0 Å². The minimum atomic E-state index is -0.561. The van der Waals surface area contributed by atoms with Gasteiger partial charge in [-0.3, -0.25) is 14.9 Å². The van der Waals surface area contributed by atoms with Crippen molar-refractivity contribution in [1.82, 2.24) is 5.32 Å². The molecule has 1 aromatic rings. The van der Waals surface area contributed by atoms with E-state index >= 15 is 0 Å². The van der Waals surface area contributed by atoms with Crippen LogP contribution in [0.5, 0.6) is 5.75 Å². The number of nitrogens with zero attached hydrogens (tertiary/aromatic N) is 1. The number of amides is 1. The van der Waals surface area contributed by atoms with Crippen LogP contribution < -0.4 is 10.1 Å². The molecule has 0 aromatic heterocycles. The van der Waals surface area contributed by atoms with E-state index in [2.05, 4.69) is 5.32 Å². The van der Waals surface area contributed by atoms with Crippen LogP contribution in [0.1, 0.15) is 17.3 Å². The van der Waals surface area contributed by atoms with Crippen molar-refractivity contribution in [3.05, 3.63) is 33.9 Å². The number of carbonyl (C=O) groups is 1. The third-order valence-electron chi connectivity index (χ3n) is 2.43. The maximum atomic E-state index is 12.0. The van der Waals surface area contributed by atoms with Gasteiger partial charge >= 0.3 is 0 Å². The molecule has 0 fully saturated rings. The number of hydrogen-bond acceptors (Lipinski definition) is 5. The van der Waals surface area contributed by atoms with E-state index in [1.165, 1.54) is 32.4 Å². The number of hydrogen-bond donors (Lipinski definition) is 1. The minimum absolute atomic E-state index is 0.125. The summed E-state index contributed by atoms with van der Waals surface area (Å²) in [5.41, 5.74) is -0.0370. The number of rotatable bonds is 6. The first kappa shape index (κ1) is 14.9. The van der Waals surface area contributed by atoms with Gasteiger partial charge in [0.1, 0.15) is 5.75 Å². The summed E-state index contributed by atoms with van der Waals surface area (Å²) >= 11 is 0. The molecule has 104 valence electrons. The highest BCUT2D eigenvalue weighted by Gasteiger charge is 2.18. The fourth-order valence-electron chi connectivity index (χ4n) is 1.58. The summed E-state index contributed by atoms with van der Waals surface area (Å²) < 4.78 is 9.93. The minimum Gasteiger partial charge on any atom is -0.496 e. The van der Waals surface area contributed by atoms with Gasteiger partial charge in [-0.25, -0.2) is 0 Å². The number of methoxy groups -OCH3 is 2. The van der Waals surface area contributed by atoms with Crippen LogP contribution >= 0.6 is 0 Å². The van der Waals surface area contributed by atoms with Gasteiger partial charge in [0.25, 0.3) is 11.6 Å². The van der Waals surface area contributed by atoms with Crippen LogP contribution in [0, 0.1) is 10.1 Å². The van der Waals surface area contributed by atoms with Crippen LogP contribution in [-0.2, 0) is 4.74 Å². The number of carbonyl (C=O) groups excluding carboxylic acids is 1. The van der Waals surface area contributed by atoms with E-state index in [4.69, 9.17) is 9.47 Å². The van der Waals surface area contributed by atoms with Crippen LogP contribution in [0.25, 0.3) is 0 Å². The first-order valence-electron chi connectivity index (χ1n) is 5.61. The van der Waals surface area contributed by atoms with Gasteiger partial charge < -0.3 is 14.8 Å². The Bertz CT molecular complexity index is 475. The van der Waals surface area contributed by atoms with Crippen LogP contribution in [-0.4, -0.2) is 37.7 Å². The van der Waals surface area contributed by atoms with Crippen molar-refractivity contribution in [1.29, 1.82) is 0 Å². The lowest BCUT2D eigenvalue weighted by Crippen LogP contribution is -2.35. The molecule has 1 atom stereocenters. The number of non-ortho nitro benzene ring substituents is 1. The summed E-state index contributed by atoms with van der Waals surface area (Å²) in [6, 6.07) is 3.66. The Morgan fingerprint density at radius 1 is 1.47 bits per heavy atom. The molecule has 1 rings (SSSR count). The van der Waals surface area contributed by atoms with Gasteiger partial charge in [0, 0.05) is 25.3 Å². The van der Waals surface area contributed by atoms with Gasteiger partial charge in [0.05, 0.1) is 24.2 Å². The predicted molar refractivity (Wildman–Crippen MR) is 68.5 cm³/mol. The first-order chi connectivity index (χ1) is 8.99. The highest BCUT2D eigenvalue weighted by molar-refractivity contribution is 5.97. The quantitative estimate of drug-likeness (QED) is 0.621. The number of nitrogens with one attached hydrogen (secondary N) is 1. The molecule has 0 unspecified atom stereocenters. The summed E-state index contributed by atoms with van der Waals surface area (Å²) in [5.74, 6) is -0.155. The van der Waals surface area contributed by atoms with Crippen molar-refractivity contribution in [2.75, 3.05) is 20.8 Å². The zero-order valence-electron chi connectivity index (χ0n) is 11.0. The zero-order valence-corrected chi connectivity index (χ0v) is 11.0. The maximum absolute atomic E-state index is 12.0. The summed E-state index contributed by atoms with van der Waals surface area (Å²) in [4.78, 5) is 22.2. The van der Waals surface area contributed by atoms with Crippen LogP contribution in [0.3, 0.4) is 0 Å². The van der Waals surface area contributed by atoms with E-state index < -0.39 is 10.8 Å². The third kappa shape index (κ3) is 3.92. The summed E-state index contributed by atoms with van der Waals surface area (Å²) in [7, 11) is 2.92. The molecular formula is C12H16N2O5. The third-order valence-corrected chi connectivity index (χ3v) is 2.43. The fourth-order valence-corrected chi connectivity index (χ4v) is 1.58. The Hall–Kier alpha value is -2.15. The topological polar surface area (TPSA) is 90.7 Å². The molecule has 19 heavy (non-hydrogen) atoms. The van der Waals surface area contributed by atoms with Gasteiger partial charge in [-0.05, 0) is 13.0 Å². The van der Waals surface area contributed by atoms with E-state index in [1.807, 2.05) is 0 Å². The summed E-state index contributed by atoms with van der Waals surface area (Å²) in [6.45, 7) is 2.12. The molecule has 0 aliphatic carbocycles. The van der Waals surface area contributed by atoms with Crippen molar-refractivity contribution in [2.45, 2.75) is 13.0 Å². The second kappa shape index (κ2) is 6.69. The highest BCUT2D eigenvalue weighted by atomic mass is 16.6. The molecule has 0 heterocycles. The van der Waals surface area contributed by atoms with E-state index in [-0.39, 0.29) is 23.0 Å². The Balaban J connectivity index is 2.99. The Morgan fingerprint density at radius 2 is 2.16 bits per heavy atom. The Kier molecular flexibility index (Phi) is 5.25. The lowest BCUT2D eigenvalue weighted by Gasteiger charge is -2.14. The van der Waals surface area contributed by atoms with E-state index in [9.17, 15) is 14.9 Å². The average Bonchev–Trinajstić information content (AvgIpc) is 2.37. The molecule has 0 bridgehead atoms. The molecule has 1 aromatic carbocycles. The summed E-state index contributed by atoms with van der Waals surface area (Å²) in [5, 5.41) is 13.4. The molecule has 0 saturated heterocycles. The standard InChI is InChI=1S/C12H16N2O5/c1-8(7-18-2)13-12(15)10-6-9(14(16)17)4-5-11(10)19-3/h4-6,8H,7H2,1-3H3,(H,13,15)/t8-/m1/s1.